The molecule has 27 heavy (non-hydrogen) atoms. The molecule has 1 heterocycles. The van der Waals surface area contributed by atoms with E-state index in [1.165, 1.54) is 26.4 Å². The van der Waals surface area contributed by atoms with Crippen LogP contribution in [0.3, 0.4) is 0 Å². The van der Waals surface area contributed by atoms with Gasteiger partial charge >= 0.3 is 11.1 Å². The molecule has 0 spiro atoms. The number of H-pyrrole nitrogens is 1. The summed E-state index contributed by atoms with van der Waals surface area (Å²) in [5.41, 5.74) is -0.427. The van der Waals surface area contributed by atoms with Crippen molar-refractivity contribution in [2.45, 2.75) is 6.54 Å². The monoisotopic (exact) mass is 389 g/mol. The zero-order chi connectivity index (χ0) is 19.6. The van der Waals surface area contributed by atoms with E-state index in [0.717, 1.165) is 4.57 Å². The van der Waals surface area contributed by atoms with Crippen LogP contribution < -0.4 is 25.9 Å². The van der Waals surface area contributed by atoms with Gasteiger partial charge in [-0.3, -0.25) is 19.0 Å². The average Bonchev–Trinajstić information content (AvgIpc) is 2.66. The van der Waals surface area contributed by atoms with Gasteiger partial charge in [0.2, 0.25) is 5.91 Å². The molecular formula is C18H16ClN3O5. The standard InChI is InChI=1S/C18H16ClN3O5/c1-26-14-7-10(19)12(8-15(14)27-2)20-16(23)9-22-13-6-4-3-5-11(13)21-17(24)18(22)25/h3-8H,9H2,1-2H3,(H,20,23)(H,21,24). The van der Waals surface area contributed by atoms with E-state index in [9.17, 15) is 14.4 Å². The smallest absolute Gasteiger partial charge is 0.317 e. The molecule has 0 bridgehead atoms. The molecule has 2 N–H and O–H groups in total. The number of hydrogen-bond acceptors (Lipinski definition) is 5. The summed E-state index contributed by atoms with van der Waals surface area (Å²) in [4.78, 5) is 39.0. The second kappa shape index (κ2) is 7.55. The minimum Gasteiger partial charge on any atom is -0.493 e. The lowest BCUT2D eigenvalue weighted by atomic mass is 10.2. The zero-order valence-corrected chi connectivity index (χ0v) is 15.3. The van der Waals surface area contributed by atoms with Crippen LogP contribution in [0.25, 0.3) is 11.0 Å². The van der Waals surface area contributed by atoms with Crippen LogP contribution in [0.2, 0.25) is 5.02 Å². The van der Waals surface area contributed by atoms with Crippen molar-refractivity contribution in [2.24, 2.45) is 0 Å². The first-order valence-electron chi connectivity index (χ1n) is 7.88. The fraction of sp³-hybridized carbons (Fsp3) is 0.167. The summed E-state index contributed by atoms with van der Waals surface area (Å²) < 4.78 is 11.4. The Morgan fingerprint density at radius 3 is 2.52 bits per heavy atom. The van der Waals surface area contributed by atoms with Gasteiger partial charge < -0.3 is 19.8 Å². The Kier molecular flexibility index (Phi) is 5.18. The third kappa shape index (κ3) is 3.65. The van der Waals surface area contributed by atoms with E-state index >= 15 is 0 Å². The normalized spacial score (nSPS) is 10.6. The van der Waals surface area contributed by atoms with Crippen molar-refractivity contribution in [3.05, 3.63) is 62.1 Å². The highest BCUT2D eigenvalue weighted by atomic mass is 35.5. The second-order valence-electron chi connectivity index (χ2n) is 5.60. The summed E-state index contributed by atoms with van der Waals surface area (Å²) in [6, 6.07) is 9.73. The number of nitrogens with zero attached hydrogens (tertiary/aromatic N) is 1. The minimum atomic E-state index is -0.817. The molecule has 0 atom stereocenters. The van der Waals surface area contributed by atoms with Crippen LogP contribution in [0.1, 0.15) is 0 Å². The topological polar surface area (TPSA) is 102 Å². The van der Waals surface area contributed by atoms with Crippen molar-refractivity contribution in [1.82, 2.24) is 9.55 Å². The molecule has 2 aromatic carbocycles. The third-order valence-corrected chi connectivity index (χ3v) is 4.24. The predicted molar refractivity (Wildman–Crippen MR) is 102 cm³/mol. The van der Waals surface area contributed by atoms with Gasteiger partial charge in [-0.25, -0.2) is 0 Å². The van der Waals surface area contributed by atoms with Gasteiger partial charge in [0.15, 0.2) is 11.5 Å². The molecule has 0 aliphatic heterocycles. The number of rotatable bonds is 5. The Hall–Kier alpha value is -3.26. The van der Waals surface area contributed by atoms with Gasteiger partial charge in [0.1, 0.15) is 6.54 Å². The number of benzene rings is 2. The van der Waals surface area contributed by atoms with Gasteiger partial charge in [-0.1, -0.05) is 23.7 Å². The number of methoxy groups -OCH3 is 2. The highest BCUT2D eigenvalue weighted by molar-refractivity contribution is 6.34. The van der Waals surface area contributed by atoms with E-state index in [0.29, 0.717) is 28.2 Å². The Balaban J connectivity index is 1.94. The molecule has 140 valence electrons. The quantitative estimate of drug-likeness (QED) is 0.650. The van der Waals surface area contributed by atoms with E-state index in [4.69, 9.17) is 21.1 Å². The van der Waals surface area contributed by atoms with E-state index in [2.05, 4.69) is 10.3 Å². The summed E-state index contributed by atoms with van der Waals surface area (Å²) >= 11 is 6.16. The average molecular weight is 390 g/mol. The highest BCUT2D eigenvalue weighted by Gasteiger charge is 2.15. The highest BCUT2D eigenvalue weighted by Crippen LogP contribution is 2.36. The number of hydrogen-bond donors (Lipinski definition) is 2. The largest absolute Gasteiger partial charge is 0.493 e. The lowest BCUT2D eigenvalue weighted by molar-refractivity contribution is -0.116. The van der Waals surface area contributed by atoms with Crippen LogP contribution in [-0.2, 0) is 11.3 Å². The Labute approximate surface area is 158 Å². The summed E-state index contributed by atoms with van der Waals surface area (Å²) in [5, 5.41) is 2.86. The molecule has 1 amide bonds. The SMILES string of the molecule is COc1cc(Cl)c(NC(=O)Cn2c(=O)c(=O)[nH]c3ccccc32)cc1OC. The number of fused-ring (bicyclic) bond motifs is 1. The number of carbonyl (C=O) groups is 1. The van der Waals surface area contributed by atoms with Crippen molar-refractivity contribution in [3.63, 3.8) is 0 Å². The third-order valence-electron chi connectivity index (χ3n) is 3.93. The van der Waals surface area contributed by atoms with Crippen LogP contribution >= 0.6 is 11.6 Å². The summed E-state index contributed by atoms with van der Waals surface area (Å²) in [5.74, 6) is 0.273. The van der Waals surface area contributed by atoms with Crippen molar-refractivity contribution < 1.29 is 14.3 Å². The molecule has 0 saturated heterocycles. The first-order chi connectivity index (χ1) is 12.9. The summed E-state index contributed by atoms with van der Waals surface area (Å²) in [7, 11) is 2.93. The van der Waals surface area contributed by atoms with E-state index in [1.807, 2.05) is 0 Å². The number of para-hydroxylation sites is 2. The molecule has 9 heteroatoms. The number of aromatic nitrogens is 2. The Morgan fingerprint density at radius 2 is 1.81 bits per heavy atom. The molecule has 3 aromatic rings. The van der Waals surface area contributed by atoms with E-state index in [-0.39, 0.29) is 11.6 Å². The molecule has 3 rings (SSSR count). The fourth-order valence-electron chi connectivity index (χ4n) is 2.66. The molecule has 1 aromatic heterocycles. The molecule has 0 aliphatic carbocycles. The number of nitrogens with one attached hydrogen (secondary N) is 2. The maximum Gasteiger partial charge on any atom is 0.317 e. The lowest BCUT2D eigenvalue weighted by Crippen LogP contribution is -2.38. The number of aromatic amines is 1. The Morgan fingerprint density at radius 1 is 1.15 bits per heavy atom. The fourth-order valence-corrected chi connectivity index (χ4v) is 2.86. The van der Waals surface area contributed by atoms with Crippen molar-refractivity contribution >= 4 is 34.2 Å². The van der Waals surface area contributed by atoms with Gasteiger partial charge in [0.05, 0.1) is 36.0 Å². The van der Waals surface area contributed by atoms with Gasteiger partial charge in [-0.15, -0.1) is 0 Å². The van der Waals surface area contributed by atoms with Crippen LogP contribution in [0, 0.1) is 0 Å². The van der Waals surface area contributed by atoms with Gasteiger partial charge in [0.25, 0.3) is 0 Å². The minimum absolute atomic E-state index is 0.240. The first-order valence-corrected chi connectivity index (χ1v) is 8.25. The van der Waals surface area contributed by atoms with Crippen LogP contribution in [0.5, 0.6) is 11.5 Å². The molecule has 8 nitrogen and oxygen atoms in total. The van der Waals surface area contributed by atoms with E-state index in [1.54, 1.807) is 24.3 Å². The molecule has 0 saturated carbocycles. The molecule has 0 aliphatic rings. The number of anilines is 1. The summed E-state index contributed by atoms with van der Waals surface area (Å²) in [6.07, 6.45) is 0. The lowest BCUT2D eigenvalue weighted by Gasteiger charge is -2.13. The van der Waals surface area contributed by atoms with Gasteiger partial charge in [0, 0.05) is 12.1 Å². The van der Waals surface area contributed by atoms with Gasteiger partial charge in [-0.05, 0) is 12.1 Å². The van der Waals surface area contributed by atoms with E-state index < -0.39 is 17.0 Å². The van der Waals surface area contributed by atoms with Crippen molar-refractivity contribution in [3.8, 4) is 11.5 Å². The molecule has 0 fully saturated rings. The summed E-state index contributed by atoms with van der Waals surface area (Å²) in [6.45, 7) is -0.353. The van der Waals surface area contributed by atoms with Crippen LogP contribution in [0.15, 0.2) is 46.0 Å². The second-order valence-corrected chi connectivity index (χ2v) is 6.00. The molecule has 0 radical (unpaired) electrons. The van der Waals surface area contributed by atoms with Crippen LogP contribution in [0.4, 0.5) is 5.69 Å². The van der Waals surface area contributed by atoms with Crippen LogP contribution in [-0.4, -0.2) is 29.7 Å². The maximum atomic E-state index is 12.5. The Bertz CT molecular complexity index is 1140. The number of amides is 1. The van der Waals surface area contributed by atoms with Crippen molar-refractivity contribution in [1.29, 1.82) is 0 Å². The van der Waals surface area contributed by atoms with Crippen molar-refractivity contribution in [2.75, 3.05) is 19.5 Å². The number of carbonyl (C=O) groups excluding carboxylic acids is 1. The zero-order valence-electron chi connectivity index (χ0n) is 14.5. The number of ether oxygens (including phenoxy) is 2. The first kappa shape index (κ1) is 18.5. The molecule has 0 unspecified atom stereocenters. The predicted octanol–water partition coefficient (Wildman–Crippen LogP) is 2.00. The number of halogens is 1. The van der Waals surface area contributed by atoms with Gasteiger partial charge in [-0.2, -0.15) is 0 Å². The maximum absolute atomic E-state index is 12.5. The molecular weight excluding hydrogens is 374 g/mol.